The average Bonchev–Trinajstić information content (AvgIpc) is 2.61. The van der Waals surface area contributed by atoms with Crippen LogP contribution in [0.25, 0.3) is 10.9 Å². The largest absolute Gasteiger partial charge is 0.313 e. The first-order chi connectivity index (χ1) is 12.2. The van der Waals surface area contributed by atoms with Gasteiger partial charge in [0.1, 0.15) is 0 Å². The summed E-state index contributed by atoms with van der Waals surface area (Å²) < 4.78 is 0. The molecule has 0 aliphatic carbocycles. The normalized spacial score (nSPS) is 21.5. The third-order valence-electron chi connectivity index (χ3n) is 6.26. The van der Waals surface area contributed by atoms with Gasteiger partial charge in [-0.1, -0.05) is 49.7 Å². The number of benzene rings is 2. The fourth-order valence-electron chi connectivity index (χ4n) is 3.94. The Morgan fingerprint density at radius 3 is 2.54 bits per heavy atom. The molecule has 1 atom stereocenters. The minimum atomic E-state index is -0.485. The highest BCUT2D eigenvalue weighted by Gasteiger charge is 2.51. The van der Waals surface area contributed by atoms with Gasteiger partial charge in [-0.15, -0.1) is 0 Å². The van der Waals surface area contributed by atoms with Gasteiger partial charge in [0.25, 0.3) is 0 Å². The summed E-state index contributed by atoms with van der Waals surface area (Å²) >= 11 is 6.32. The lowest BCUT2D eigenvalue weighted by atomic mass is 9.63. The van der Waals surface area contributed by atoms with Gasteiger partial charge in [0, 0.05) is 22.0 Å². The molecule has 4 rings (SSSR count). The summed E-state index contributed by atoms with van der Waals surface area (Å²) in [4.78, 5) is 4.60. The lowest BCUT2D eigenvalue weighted by Gasteiger charge is -2.54. The molecular weight excluding hydrogens is 344 g/mol. The van der Waals surface area contributed by atoms with Crippen molar-refractivity contribution in [2.24, 2.45) is 0 Å². The SMILES string of the molecule is CC1(C)c2cc(Cl)ccc2C(c2cnc3ccccc3c2)N(O)C1(C)C. The maximum atomic E-state index is 11.2. The van der Waals surface area contributed by atoms with Crippen molar-refractivity contribution >= 4 is 22.5 Å². The average molecular weight is 367 g/mol. The third kappa shape index (κ3) is 2.38. The van der Waals surface area contributed by atoms with E-state index in [-0.39, 0.29) is 11.5 Å². The van der Waals surface area contributed by atoms with Gasteiger partial charge in [-0.25, -0.2) is 0 Å². The Morgan fingerprint density at radius 1 is 1.04 bits per heavy atom. The summed E-state index contributed by atoms with van der Waals surface area (Å²) in [5.41, 5.74) is 3.40. The van der Waals surface area contributed by atoms with Crippen LogP contribution in [0.1, 0.15) is 50.4 Å². The molecule has 134 valence electrons. The molecule has 1 N–H and O–H groups in total. The van der Waals surface area contributed by atoms with Crippen LogP contribution in [0.5, 0.6) is 0 Å². The Kier molecular flexibility index (Phi) is 3.88. The van der Waals surface area contributed by atoms with Crippen LogP contribution in [0, 0.1) is 0 Å². The molecule has 2 heterocycles. The number of pyridine rings is 1. The third-order valence-corrected chi connectivity index (χ3v) is 6.49. The fourth-order valence-corrected chi connectivity index (χ4v) is 4.11. The Labute approximate surface area is 159 Å². The maximum absolute atomic E-state index is 11.2. The molecule has 26 heavy (non-hydrogen) atoms. The van der Waals surface area contributed by atoms with Gasteiger partial charge >= 0.3 is 0 Å². The van der Waals surface area contributed by atoms with E-state index in [1.54, 1.807) is 0 Å². The lowest BCUT2D eigenvalue weighted by Crippen LogP contribution is -2.59. The molecule has 1 aliphatic heterocycles. The van der Waals surface area contributed by atoms with E-state index in [0.29, 0.717) is 0 Å². The molecule has 0 fully saturated rings. The van der Waals surface area contributed by atoms with Gasteiger partial charge in [0.2, 0.25) is 0 Å². The van der Waals surface area contributed by atoms with Crippen LogP contribution in [-0.2, 0) is 5.41 Å². The van der Waals surface area contributed by atoms with Crippen molar-refractivity contribution in [3.63, 3.8) is 0 Å². The van der Waals surface area contributed by atoms with Crippen LogP contribution >= 0.6 is 11.6 Å². The van der Waals surface area contributed by atoms with Crippen LogP contribution in [0.4, 0.5) is 0 Å². The van der Waals surface area contributed by atoms with Gasteiger partial charge in [0.05, 0.1) is 17.1 Å². The van der Waals surface area contributed by atoms with E-state index < -0.39 is 5.54 Å². The zero-order valence-electron chi connectivity index (χ0n) is 15.5. The Hall–Kier alpha value is -1.94. The van der Waals surface area contributed by atoms with Crippen molar-refractivity contribution in [1.29, 1.82) is 0 Å². The zero-order chi connectivity index (χ0) is 18.7. The van der Waals surface area contributed by atoms with E-state index >= 15 is 0 Å². The van der Waals surface area contributed by atoms with Crippen LogP contribution < -0.4 is 0 Å². The molecule has 3 nitrogen and oxygen atoms in total. The van der Waals surface area contributed by atoms with Crippen molar-refractivity contribution in [3.05, 3.63) is 76.4 Å². The smallest absolute Gasteiger partial charge is 0.0874 e. The first-order valence-corrected chi connectivity index (χ1v) is 9.24. The van der Waals surface area contributed by atoms with Gasteiger partial charge in [-0.3, -0.25) is 4.98 Å². The first-order valence-electron chi connectivity index (χ1n) is 8.86. The van der Waals surface area contributed by atoms with Crippen LogP contribution in [0.15, 0.2) is 54.7 Å². The number of hydrogen-bond donors (Lipinski definition) is 1. The molecule has 0 saturated heterocycles. The molecule has 1 aromatic heterocycles. The van der Waals surface area contributed by atoms with E-state index in [9.17, 15) is 5.21 Å². The quantitative estimate of drug-likeness (QED) is 0.596. The minimum absolute atomic E-state index is 0.275. The topological polar surface area (TPSA) is 36.4 Å². The van der Waals surface area contributed by atoms with E-state index in [4.69, 9.17) is 11.6 Å². The van der Waals surface area contributed by atoms with E-state index in [2.05, 4.69) is 38.7 Å². The second kappa shape index (κ2) is 5.78. The number of nitrogens with zero attached hydrogens (tertiary/aromatic N) is 2. The van der Waals surface area contributed by atoms with Gasteiger partial charge in [-0.2, -0.15) is 5.06 Å². The number of aromatic nitrogens is 1. The van der Waals surface area contributed by atoms with Crippen molar-refractivity contribution in [2.45, 2.75) is 44.7 Å². The van der Waals surface area contributed by atoms with Gasteiger partial charge < -0.3 is 5.21 Å². The van der Waals surface area contributed by atoms with E-state index in [0.717, 1.165) is 27.1 Å². The number of para-hydroxylation sites is 1. The van der Waals surface area contributed by atoms with E-state index in [1.807, 2.05) is 48.7 Å². The van der Waals surface area contributed by atoms with Crippen LogP contribution in [-0.4, -0.2) is 20.8 Å². The highest BCUT2D eigenvalue weighted by atomic mass is 35.5. The summed E-state index contributed by atoms with van der Waals surface area (Å²) in [5.74, 6) is 0. The number of hydrogen-bond acceptors (Lipinski definition) is 3. The maximum Gasteiger partial charge on any atom is 0.0874 e. The molecule has 1 unspecified atom stereocenters. The molecule has 0 amide bonds. The van der Waals surface area contributed by atoms with Gasteiger partial charge in [-0.05, 0) is 54.8 Å². The van der Waals surface area contributed by atoms with Crippen LogP contribution in [0.3, 0.4) is 0 Å². The second-order valence-electron chi connectivity index (χ2n) is 8.12. The lowest BCUT2D eigenvalue weighted by molar-refractivity contribution is -0.213. The monoisotopic (exact) mass is 366 g/mol. The summed E-state index contributed by atoms with van der Waals surface area (Å²) in [5, 5.41) is 14.5. The minimum Gasteiger partial charge on any atom is -0.313 e. The molecule has 0 saturated carbocycles. The summed E-state index contributed by atoms with van der Waals surface area (Å²) in [6, 6.07) is 15.8. The molecule has 3 aromatic rings. The predicted octanol–water partition coefficient (Wildman–Crippen LogP) is 5.74. The standard InChI is InChI=1S/C22H23ClN2O/c1-21(2)18-12-16(23)9-10-17(18)20(25(26)22(21,3)4)15-11-14-7-5-6-8-19(14)24-13-15/h5-13,20,26H,1-4H3. The van der Waals surface area contributed by atoms with Crippen molar-refractivity contribution in [3.8, 4) is 0 Å². The van der Waals surface area contributed by atoms with Gasteiger partial charge in [0.15, 0.2) is 0 Å². The number of fused-ring (bicyclic) bond motifs is 2. The Balaban J connectivity index is 1.97. The number of halogens is 1. The predicted molar refractivity (Wildman–Crippen MR) is 106 cm³/mol. The number of rotatable bonds is 1. The highest BCUT2D eigenvalue weighted by Crippen LogP contribution is 2.51. The molecule has 0 bridgehead atoms. The molecule has 1 aliphatic rings. The highest BCUT2D eigenvalue weighted by molar-refractivity contribution is 6.30. The van der Waals surface area contributed by atoms with Crippen LogP contribution in [0.2, 0.25) is 5.02 Å². The van der Waals surface area contributed by atoms with E-state index in [1.165, 1.54) is 10.6 Å². The summed E-state index contributed by atoms with van der Waals surface area (Å²) in [6.45, 7) is 8.44. The Morgan fingerprint density at radius 2 is 1.77 bits per heavy atom. The van der Waals surface area contributed by atoms with Crippen molar-refractivity contribution in [2.75, 3.05) is 0 Å². The second-order valence-corrected chi connectivity index (χ2v) is 8.56. The fraction of sp³-hybridized carbons (Fsp3) is 0.318. The van der Waals surface area contributed by atoms with Crippen molar-refractivity contribution < 1.29 is 5.21 Å². The summed E-state index contributed by atoms with van der Waals surface area (Å²) in [7, 11) is 0. The molecular formula is C22H23ClN2O. The zero-order valence-corrected chi connectivity index (χ0v) is 16.2. The Bertz CT molecular complexity index is 996. The first kappa shape index (κ1) is 17.5. The molecule has 2 aromatic carbocycles. The molecule has 0 spiro atoms. The summed E-state index contributed by atoms with van der Waals surface area (Å²) in [6.07, 6.45) is 1.86. The molecule has 4 heteroatoms. The molecule has 0 radical (unpaired) electrons. The van der Waals surface area contributed by atoms with Crippen molar-refractivity contribution in [1.82, 2.24) is 10.0 Å². The number of hydroxylamine groups is 2.